The highest BCUT2D eigenvalue weighted by molar-refractivity contribution is 7.99. The number of carbonyl (C=O) groups excluding carboxylic acids is 1. The number of aromatic nitrogens is 3. The van der Waals surface area contributed by atoms with Crippen molar-refractivity contribution >= 4 is 29.3 Å². The average molecular weight is 466 g/mol. The highest BCUT2D eigenvalue weighted by Crippen LogP contribution is 2.34. The van der Waals surface area contributed by atoms with Gasteiger partial charge in [0.25, 0.3) is 0 Å². The third-order valence-electron chi connectivity index (χ3n) is 5.74. The smallest absolute Gasteiger partial charge is 0.231 e. The lowest BCUT2D eigenvalue weighted by Gasteiger charge is -2.21. The summed E-state index contributed by atoms with van der Waals surface area (Å²) in [4.78, 5) is 12.7. The maximum Gasteiger partial charge on any atom is 0.231 e. The maximum absolute atomic E-state index is 12.7. The summed E-state index contributed by atoms with van der Waals surface area (Å²) >= 11 is 7.77. The molecule has 0 saturated heterocycles. The molecule has 2 aromatic carbocycles. The van der Waals surface area contributed by atoms with Gasteiger partial charge in [-0.2, -0.15) is 5.26 Å². The van der Waals surface area contributed by atoms with E-state index in [-0.39, 0.29) is 11.7 Å². The minimum Gasteiger partial charge on any atom is -0.337 e. The first kappa shape index (κ1) is 22.4. The molecule has 32 heavy (non-hydrogen) atoms. The lowest BCUT2D eigenvalue weighted by atomic mass is 10.0. The molecule has 1 N–H and O–H groups in total. The van der Waals surface area contributed by atoms with Crippen LogP contribution in [0.4, 0.5) is 0 Å². The van der Waals surface area contributed by atoms with Gasteiger partial charge in [0, 0.05) is 5.56 Å². The first-order chi connectivity index (χ1) is 15.4. The Morgan fingerprint density at radius 1 is 1.22 bits per heavy atom. The van der Waals surface area contributed by atoms with E-state index in [0.717, 1.165) is 35.2 Å². The summed E-state index contributed by atoms with van der Waals surface area (Å²) in [7, 11) is 0. The summed E-state index contributed by atoms with van der Waals surface area (Å²) < 4.78 is 1.96. The maximum atomic E-state index is 12.7. The quantitative estimate of drug-likeness (QED) is 0.502. The van der Waals surface area contributed by atoms with Gasteiger partial charge in [-0.1, -0.05) is 47.6 Å². The van der Waals surface area contributed by atoms with E-state index >= 15 is 0 Å². The molecule has 1 fully saturated rings. The van der Waals surface area contributed by atoms with E-state index in [1.807, 2.05) is 42.7 Å². The number of hydrogen-bond donors (Lipinski definition) is 1. The van der Waals surface area contributed by atoms with Crippen molar-refractivity contribution in [2.45, 2.75) is 50.2 Å². The predicted molar refractivity (Wildman–Crippen MR) is 127 cm³/mol. The number of aryl methyl sites for hydroxylation is 2. The fraction of sp³-hybridized carbons (Fsp3) is 0.333. The van der Waals surface area contributed by atoms with Crippen LogP contribution in [0.3, 0.4) is 0 Å². The SMILES string of the molecule is Cc1ccc(C)c(-n2c(SCC(=O)NC3(C#N)CCCC3)nnc2-c2ccccc2Cl)c1. The second kappa shape index (κ2) is 9.35. The molecule has 0 aliphatic heterocycles. The normalized spacial score (nSPS) is 14.8. The second-order valence-electron chi connectivity index (χ2n) is 8.15. The molecule has 0 unspecified atom stereocenters. The molecule has 0 atom stereocenters. The van der Waals surface area contributed by atoms with Crippen molar-refractivity contribution in [1.29, 1.82) is 5.26 Å². The van der Waals surface area contributed by atoms with Crippen LogP contribution in [0, 0.1) is 25.2 Å². The summed E-state index contributed by atoms with van der Waals surface area (Å²) in [6, 6.07) is 16.0. The molecule has 0 spiro atoms. The van der Waals surface area contributed by atoms with E-state index in [1.54, 1.807) is 0 Å². The molecular formula is C24H24ClN5OS. The summed E-state index contributed by atoms with van der Waals surface area (Å²) in [6.07, 6.45) is 3.33. The number of rotatable bonds is 6. The van der Waals surface area contributed by atoms with Crippen LogP contribution in [0.5, 0.6) is 0 Å². The van der Waals surface area contributed by atoms with Crippen LogP contribution in [0.15, 0.2) is 47.6 Å². The average Bonchev–Trinajstić information content (AvgIpc) is 3.42. The Balaban J connectivity index is 1.67. The fourth-order valence-electron chi connectivity index (χ4n) is 4.03. The molecule has 1 heterocycles. The van der Waals surface area contributed by atoms with E-state index in [0.29, 0.717) is 28.8 Å². The second-order valence-corrected chi connectivity index (χ2v) is 9.50. The van der Waals surface area contributed by atoms with Gasteiger partial charge >= 0.3 is 0 Å². The molecule has 1 saturated carbocycles. The molecule has 1 aliphatic carbocycles. The summed E-state index contributed by atoms with van der Waals surface area (Å²) in [5.41, 5.74) is 3.14. The van der Waals surface area contributed by atoms with E-state index in [4.69, 9.17) is 11.6 Å². The Labute approximate surface area is 197 Å². The number of nitriles is 1. The van der Waals surface area contributed by atoms with E-state index in [2.05, 4.69) is 39.8 Å². The number of carbonyl (C=O) groups is 1. The number of thioether (sulfide) groups is 1. The molecule has 164 valence electrons. The van der Waals surface area contributed by atoms with Gasteiger partial charge in [0.1, 0.15) is 5.54 Å². The molecule has 1 aliphatic rings. The molecule has 8 heteroatoms. The monoisotopic (exact) mass is 465 g/mol. The van der Waals surface area contributed by atoms with Crippen LogP contribution in [0.1, 0.15) is 36.8 Å². The highest BCUT2D eigenvalue weighted by Gasteiger charge is 2.35. The van der Waals surface area contributed by atoms with Gasteiger partial charge < -0.3 is 5.32 Å². The zero-order valence-electron chi connectivity index (χ0n) is 18.1. The topological polar surface area (TPSA) is 83.6 Å². The number of benzene rings is 2. The van der Waals surface area contributed by atoms with E-state index < -0.39 is 5.54 Å². The van der Waals surface area contributed by atoms with Crippen molar-refractivity contribution in [2.24, 2.45) is 0 Å². The predicted octanol–water partition coefficient (Wildman–Crippen LogP) is 5.25. The van der Waals surface area contributed by atoms with Crippen molar-refractivity contribution in [3.8, 4) is 23.1 Å². The molecule has 0 radical (unpaired) electrons. The lowest BCUT2D eigenvalue weighted by Crippen LogP contribution is -2.45. The van der Waals surface area contributed by atoms with Crippen LogP contribution < -0.4 is 5.32 Å². The first-order valence-electron chi connectivity index (χ1n) is 10.6. The van der Waals surface area contributed by atoms with Crippen LogP contribution in [0.2, 0.25) is 5.02 Å². The largest absolute Gasteiger partial charge is 0.337 e. The van der Waals surface area contributed by atoms with Crippen molar-refractivity contribution in [3.63, 3.8) is 0 Å². The minimum absolute atomic E-state index is 0.148. The Morgan fingerprint density at radius 2 is 1.97 bits per heavy atom. The van der Waals surface area contributed by atoms with Gasteiger partial charge in [0.15, 0.2) is 11.0 Å². The Kier molecular flexibility index (Phi) is 6.54. The Hall–Kier alpha value is -2.82. The van der Waals surface area contributed by atoms with E-state index in [1.165, 1.54) is 11.8 Å². The Bertz CT molecular complexity index is 1190. The number of amides is 1. The van der Waals surface area contributed by atoms with Gasteiger partial charge in [-0.25, -0.2) is 0 Å². The summed E-state index contributed by atoms with van der Waals surface area (Å²) in [5, 5.41) is 22.5. The van der Waals surface area contributed by atoms with Gasteiger partial charge in [0.05, 0.1) is 22.5 Å². The van der Waals surface area contributed by atoms with Gasteiger partial charge in [0.2, 0.25) is 5.91 Å². The standard InChI is InChI=1S/C24H24ClN5OS/c1-16-9-10-17(2)20(13-16)30-22(18-7-3-4-8-19(18)25)28-29-23(30)32-14-21(31)27-24(15-26)11-5-6-12-24/h3-4,7-10,13H,5-6,11-12,14H2,1-2H3,(H,27,31). The molecule has 1 amide bonds. The van der Waals surface area contributed by atoms with Gasteiger partial charge in [-0.05, 0) is 68.9 Å². The number of hydrogen-bond acceptors (Lipinski definition) is 5. The zero-order chi connectivity index (χ0) is 22.7. The van der Waals surface area contributed by atoms with Crippen molar-refractivity contribution < 1.29 is 4.79 Å². The Morgan fingerprint density at radius 3 is 2.69 bits per heavy atom. The van der Waals surface area contributed by atoms with Crippen LogP contribution in [0.25, 0.3) is 17.1 Å². The third-order valence-corrected chi connectivity index (χ3v) is 6.99. The molecule has 0 bridgehead atoms. The zero-order valence-corrected chi connectivity index (χ0v) is 19.6. The summed E-state index contributed by atoms with van der Waals surface area (Å²) in [6.45, 7) is 4.06. The summed E-state index contributed by atoms with van der Waals surface area (Å²) in [5.74, 6) is 0.597. The lowest BCUT2D eigenvalue weighted by molar-refractivity contribution is -0.119. The fourth-order valence-corrected chi connectivity index (χ4v) is 5.00. The molecule has 4 rings (SSSR count). The molecule has 6 nitrogen and oxygen atoms in total. The van der Waals surface area contributed by atoms with Crippen molar-refractivity contribution in [3.05, 3.63) is 58.6 Å². The minimum atomic E-state index is -0.735. The number of halogens is 1. The highest BCUT2D eigenvalue weighted by atomic mass is 35.5. The molecular weight excluding hydrogens is 442 g/mol. The van der Waals surface area contributed by atoms with Crippen LogP contribution >= 0.6 is 23.4 Å². The number of nitrogens with one attached hydrogen (secondary N) is 1. The number of nitrogens with zero attached hydrogens (tertiary/aromatic N) is 4. The van der Waals surface area contributed by atoms with Crippen LogP contribution in [-0.4, -0.2) is 32.0 Å². The van der Waals surface area contributed by atoms with Gasteiger partial charge in [-0.15, -0.1) is 10.2 Å². The molecule has 3 aromatic rings. The molecule has 1 aromatic heterocycles. The third kappa shape index (κ3) is 4.52. The first-order valence-corrected chi connectivity index (χ1v) is 11.9. The van der Waals surface area contributed by atoms with E-state index in [9.17, 15) is 10.1 Å². The van der Waals surface area contributed by atoms with Crippen LogP contribution in [-0.2, 0) is 4.79 Å². The van der Waals surface area contributed by atoms with Crippen molar-refractivity contribution in [2.75, 3.05) is 5.75 Å². The van der Waals surface area contributed by atoms with Gasteiger partial charge in [-0.3, -0.25) is 9.36 Å². The van der Waals surface area contributed by atoms with Crippen molar-refractivity contribution in [1.82, 2.24) is 20.1 Å².